The number of fused-ring (bicyclic) bond motifs is 1. The van der Waals surface area contributed by atoms with Crippen LogP contribution in [0, 0.1) is 11.7 Å². The molecule has 2 heterocycles. The minimum atomic E-state index is -4.40. The van der Waals surface area contributed by atoms with Gasteiger partial charge in [0.15, 0.2) is 5.69 Å². The second kappa shape index (κ2) is 11.7. The predicted molar refractivity (Wildman–Crippen MR) is 142 cm³/mol. The zero-order valence-electron chi connectivity index (χ0n) is 20.6. The van der Waals surface area contributed by atoms with Crippen LogP contribution in [-0.4, -0.2) is 16.4 Å². The van der Waals surface area contributed by atoms with E-state index in [4.69, 9.17) is 0 Å². The topological polar surface area (TPSA) is 28.2 Å². The van der Waals surface area contributed by atoms with Crippen LogP contribution in [-0.2, 0) is 32.1 Å². The van der Waals surface area contributed by atoms with Crippen molar-refractivity contribution >= 4 is 29.0 Å². The molecular formula is C28H31F4N3S2. The van der Waals surface area contributed by atoms with Gasteiger partial charge >= 0.3 is 6.18 Å². The summed E-state index contributed by atoms with van der Waals surface area (Å²) >= 11 is 2.44. The van der Waals surface area contributed by atoms with Gasteiger partial charge in [0.25, 0.3) is 0 Å². The molecule has 1 fully saturated rings. The molecule has 37 heavy (non-hydrogen) atoms. The summed E-state index contributed by atoms with van der Waals surface area (Å²) in [4.78, 5) is 6.88. The average molecular weight is 550 g/mol. The first kappa shape index (κ1) is 26.5. The van der Waals surface area contributed by atoms with Crippen molar-refractivity contribution in [2.75, 3.05) is 11.3 Å². The Morgan fingerprint density at radius 2 is 1.92 bits per heavy atom. The number of rotatable bonds is 9. The molecular weight excluding hydrogens is 518 g/mol. The summed E-state index contributed by atoms with van der Waals surface area (Å²) in [6, 6.07) is 11.7. The van der Waals surface area contributed by atoms with Gasteiger partial charge in [-0.2, -0.15) is 13.2 Å². The van der Waals surface area contributed by atoms with E-state index in [1.807, 2.05) is 18.2 Å². The number of hydrogen-bond acceptors (Lipinski definition) is 5. The van der Waals surface area contributed by atoms with Gasteiger partial charge in [-0.15, -0.1) is 11.3 Å². The summed E-state index contributed by atoms with van der Waals surface area (Å²) in [5, 5.41) is 1.56. The van der Waals surface area contributed by atoms with Gasteiger partial charge in [0.1, 0.15) is 10.8 Å². The first-order valence-corrected chi connectivity index (χ1v) is 14.6. The molecule has 2 aliphatic rings. The lowest BCUT2D eigenvalue weighted by molar-refractivity contribution is -0.140. The number of nitrogens with zero attached hydrogens (tertiary/aromatic N) is 2. The molecule has 0 radical (unpaired) electrons. The molecule has 0 saturated heterocycles. The monoisotopic (exact) mass is 549 g/mol. The molecule has 3 nitrogen and oxygen atoms in total. The Morgan fingerprint density at radius 3 is 2.68 bits per heavy atom. The first-order valence-electron chi connectivity index (χ1n) is 12.9. The smallest absolute Gasteiger partial charge is 0.323 e. The molecule has 1 aromatic heterocycles. The van der Waals surface area contributed by atoms with Crippen LogP contribution in [0.5, 0.6) is 0 Å². The molecule has 1 N–H and O–H groups in total. The predicted octanol–water partition coefficient (Wildman–Crippen LogP) is 8.49. The summed E-state index contributed by atoms with van der Waals surface area (Å²) in [7, 11) is 0. The molecule has 198 valence electrons. The van der Waals surface area contributed by atoms with Gasteiger partial charge < -0.3 is 4.72 Å². The van der Waals surface area contributed by atoms with Crippen molar-refractivity contribution in [2.24, 2.45) is 5.92 Å². The number of aromatic nitrogens is 1. The zero-order valence-corrected chi connectivity index (χ0v) is 22.3. The van der Waals surface area contributed by atoms with E-state index in [0.717, 1.165) is 64.5 Å². The number of nitrogens with one attached hydrogen (secondary N) is 1. The standard InChI is InChI=1S/C28H31F4N3S2/c29-24-14-20(7-3-6-19-4-1-2-5-19)8-11-25(24)34-37-23-10-9-22-16-35(13-12-21(22)15-23)17-27-33-26(18-36-27)28(30,31)32/h8-11,14-15,18-19,34H,1-7,12-13,16-17H2. The Bertz CT molecular complexity index is 1200. The van der Waals surface area contributed by atoms with Gasteiger partial charge in [0.05, 0.1) is 12.2 Å². The molecule has 3 aromatic rings. The fraction of sp³-hybridized carbons (Fsp3) is 0.464. The highest BCUT2D eigenvalue weighted by molar-refractivity contribution is 8.00. The number of thiazole rings is 1. The number of anilines is 1. The third kappa shape index (κ3) is 7.06. The summed E-state index contributed by atoms with van der Waals surface area (Å²) < 4.78 is 56.3. The Balaban J connectivity index is 1.11. The van der Waals surface area contributed by atoms with Crippen LogP contribution in [0.3, 0.4) is 0 Å². The van der Waals surface area contributed by atoms with Gasteiger partial charge in [-0.25, -0.2) is 9.37 Å². The van der Waals surface area contributed by atoms with E-state index in [-0.39, 0.29) is 5.82 Å². The maximum atomic E-state index is 14.7. The second-order valence-electron chi connectivity index (χ2n) is 10.1. The van der Waals surface area contributed by atoms with Gasteiger partial charge in [-0.3, -0.25) is 4.90 Å². The van der Waals surface area contributed by atoms with Crippen molar-refractivity contribution in [2.45, 2.75) is 75.5 Å². The number of aryl methyl sites for hydroxylation is 1. The van der Waals surface area contributed by atoms with Crippen LogP contribution in [0.15, 0.2) is 46.7 Å². The molecule has 0 unspecified atom stereocenters. The van der Waals surface area contributed by atoms with Gasteiger partial charge in [-0.05, 0) is 78.1 Å². The van der Waals surface area contributed by atoms with Crippen LogP contribution in [0.4, 0.5) is 23.2 Å². The van der Waals surface area contributed by atoms with E-state index >= 15 is 0 Å². The number of alkyl halides is 3. The highest BCUT2D eigenvalue weighted by Crippen LogP contribution is 2.32. The number of benzene rings is 2. The van der Waals surface area contributed by atoms with E-state index in [2.05, 4.69) is 26.7 Å². The molecule has 0 spiro atoms. The van der Waals surface area contributed by atoms with Gasteiger partial charge in [0.2, 0.25) is 0 Å². The van der Waals surface area contributed by atoms with Crippen LogP contribution < -0.4 is 4.72 Å². The lowest BCUT2D eigenvalue weighted by Crippen LogP contribution is -2.30. The van der Waals surface area contributed by atoms with E-state index in [1.165, 1.54) is 49.6 Å². The summed E-state index contributed by atoms with van der Waals surface area (Å²) in [5.41, 5.74) is 3.10. The van der Waals surface area contributed by atoms with Crippen molar-refractivity contribution in [3.8, 4) is 0 Å². The highest BCUT2D eigenvalue weighted by atomic mass is 32.2. The first-order chi connectivity index (χ1) is 17.8. The lowest BCUT2D eigenvalue weighted by Gasteiger charge is -2.28. The Kier molecular flexibility index (Phi) is 8.41. The van der Waals surface area contributed by atoms with Crippen molar-refractivity contribution in [1.29, 1.82) is 0 Å². The fourth-order valence-electron chi connectivity index (χ4n) is 5.30. The Hall–Kier alpha value is -2.10. The molecule has 0 bridgehead atoms. The van der Waals surface area contributed by atoms with Crippen LogP contribution in [0.25, 0.3) is 0 Å². The Labute approximate surface area is 223 Å². The molecule has 2 aromatic carbocycles. The van der Waals surface area contributed by atoms with Crippen molar-refractivity contribution < 1.29 is 17.6 Å². The normalized spacial score (nSPS) is 16.8. The molecule has 1 aliphatic carbocycles. The SMILES string of the molecule is Fc1cc(CCCC2CCCC2)ccc1NSc1ccc2c(c1)CCN(Cc1nc(C(F)(F)F)cs1)C2. The quantitative estimate of drug-likeness (QED) is 0.214. The molecule has 1 saturated carbocycles. The van der Waals surface area contributed by atoms with Crippen molar-refractivity contribution in [3.63, 3.8) is 0 Å². The van der Waals surface area contributed by atoms with E-state index < -0.39 is 11.9 Å². The van der Waals surface area contributed by atoms with Gasteiger partial charge in [-0.1, -0.05) is 44.2 Å². The maximum absolute atomic E-state index is 14.7. The Morgan fingerprint density at radius 1 is 1.08 bits per heavy atom. The van der Waals surface area contributed by atoms with E-state index in [1.54, 1.807) is 6.07 Å². The van der Waals surface area contributed by atoms with Crippen molar-refractivity contribution in [3.05, 3.63) is 75.0 Å². The largest absolute Gasteiger partial charge is 0.434 e. The molecule has 5 rings (SSSR count). The maximum Gasteiger partial charge on any atom is 0.434 e. The van der Waals surface area contributed by atoms with Crippen molar-refractivity contribution in [1.82, 2.24) is 9.88 Å². The second-order valence-corrected chi connectivity index (χ2v) is 11.9. The summed E-state index contributed by atoms with van der Waals surface area (Å²) in [5.74, 6) is 0.640. The van der Waals surface area contributed by atoms with Crippen LogP contribution >= 0.6 is 23.3 Å². The minimum Gasteiger partial charge on any atom is -0.323 e. The third-order valence-electron chi connectivity index (χ3n) is 7.34. The number of halogens is 4. The lowest BCUT2D eigenvalue weighted by atomic mass is 9.98. The number of hydrogen-bond donors (Lipinski definition) is 1. The third-order valence-corrected chi connectivity index (χ3v) is 8.98. The molecule has 0 atom stereocenters. The highest BCUT2D eigenvalue weighted by Gasteiger charge is 2.34. The fourth-order valence-corrected chi connectivity index (χ4v) is 6.87. The molecule has 1 aliphatic heterocycles. The molecule has 0 amide bonds. The van der Waals surface area contributed by atoms with Gasteiger partial charge in [0, 0.05) is 23.4 Å². The summed E-state index contributed by atoms with van der Waals surface area (Å²) in [6.45, 7) is 1.84. The minimum absolute atomic E-state index is 0.227. The van der Waals surface area contributed by atoms with E-state index in [9.17, 15) is 17.6 Å². The average Bonchev–Trinajstić information content (AvgIpc) is 3.56. The van der Waals surface area contributed by atoms with Crippen LogP contribution in [0.1, 0.15) is 65.9 Å². The zero-order chi connectivity index (χ0) is 25.8. The summed E-state index contributed by atoms with van der Waals surface area (Å²) in [6.07, 6.45) is 5.14. The van der Waals surface area contributed by atoms with E-state index in [0.29, 0.717) is 23.8 Å². The molecule has 9 heteroatoms. The van der Waals surface area contributed by atoms with Crippen LogP contribution in [0.2, 0.25) is 0 Å².